The molecule has 3 heterocycles. The quantitative estimate of drug-likeness (QED) is 0.832. The van der Waals surface area contributed by atoms with Crippen molar-refractivity contribution in [3.8, 4) is 0 Å². The van der Waals surface area contributed by atoms with Gasteiger partial charge in [0.2, 0.25) is 10.0 Å². The van der Waals surface area contributed by atoms with Crippen LogP contribution in [0.1, 0.15) is 19.3 Å². The Bertz CT molecular complexity index is 831. The number of sulfonamides is 1. The molecule has 0 radical (unpaired) electrons. The normalized spacial score (nSPS) is 22.0. The van der Waals surface area contributed by atoms with Crippen molar-refractivity contribution in [2.45, 2.75) is 29.9 Å². The molecule has 24 heavy (non-hydrogen) atoms. The fraction of sp³-hybridized carbons (Fsp3) is 0.471. The van der Waals surface area contributed by atoms with Gasteiger partial charge in [-0.25, -0.2) is 8.42 Å². The minimum Gasteiger partial charge on any atom is -0.350 e. The first-order chi connectivity index (χ1) is 11.6. The number of aromatic nitrogens is 1. The van der Waals surface area contributed by atoms with E-state index in [1.807, 2.05) is 12.1 Å². The molecule has 1 spiro atoms. The van der Waals surface area contributed by atoms with Gasteiger partial charge in [-0.1, -0.05) is 18.2 Å². The van der Waals surface area contributed by atoms with Crippen molar-refractivity contribution in [3.05, 3.63) is 36.5 Å². The van der Waals surface area contributed by atoms with Crippen LogP contribution in [0.25, 0.3) is 10.9 Å². The average molecular weight is 348 g/mol. The highest BCUT2D eigenvalue weighted by atomic mass is 32.2. The topological polar surface area (TPSA) is 68.7 Å². The lowest BCUT2D eigenvalue weighted by Gasteiger charge is -2.42. The highest BCUT2D eigenvalue weighted by molar-refractivity contribution is 7.89. The first kappa shape index (κ1) is 16.0. The third-order valence-electron chi connectivity index (χ3n) is 4.72. The third kappa shape index (κ3) is 2.71. The Labute approximate surface area is 141 Å². The number of ether oxygens (including phenoxy) is 2. The highest BCUT2D eigenvalue weighted by Crippen LogP contribution is 2.33. The Hall–Kier alpha value is -1.54. The van der Waals surface area contributed by atoms with Crippen LogP contribution in [0.2, 0.25) is 0 Å². The van der Waals surface area contributed by atoms with Crippen molar-refractivity contribution in [2.24, 2.45) is 0 Å². The summed E-state index contributed by atoms with van der Waals surface area (Å²) < 4.78 is 39.2. The van der Waals surface area contributed by atoms with Gasteiger partial charge in [0.15, 0.2) is 5.79 Å². The second kappa shape index (κ2) is 6.07. The van der Waals surface area contributed by atoms with Crippen molar-refractivity contribution in [3.63, 3.8) is 0 Å². The van der Waals surface area contributed by atoms with Crippen molar-refractivity contribution >= 4 is 20.9 Å². The van der Waals surface area contributed by atoms with E-state index in [0.29, 0.717) is 44.7 Å². The Kier molecular flexibility index (Phi) is 4.04. The number of nitrogens with zero attached hydrogens (tertiary/aromatic N) is 2. The third-order valence-corrected chi connectivity index (χ3v) is 6.65. The second-order valence-electron chi connectivity index (χ2n) is 6.20. The number of benzene rings is 1. The first-order valence-electron chi connectivity index (χ1n) is 8.23. The number of hydrogen-bond acceptors (Lipinski definition) is 5. The number of pyridine rings is 1. The van der Waals surface area contributed by atoms with E-state index in [4.69, 9.17) is 9.47 Å². The number of para-hydroxylation sites is 1. The zero-order valence-corrected chi connectivity index (χ0v) is 14.2. The Morgan fingerprint density at radius 3 is 2.50 bits per heavy atom. The van der Waals surface area contributed by atoms with E-state index < -0.39 is 15.8 Å². The summed E-state index contributed by atoms with van der Waals surface area (Å²) in [7, 11) is -3.58. The molecule has 128 valence electrons. The van der Waals surface area contributed by atoms with E-state index in [-0.39, 0.29) is 4.90 Å². The van der Waals surface area contributed by atoms with Crippen LogP contribution in [-0.4, -0.2) is 49.8 Å². The molecule has 0 N–H and O–H groups in total. The van der Waals surface area contributed by atoms with Crippen molar-refractivity contribution < 1.29 is 17.9 Å². The van der Waals surface area contributed by atoms with Gasteiger partial charge in [0.25, 0.3) is 0 Å². The molecular weight excluding hydrogens is 328 g/mol. The number of piperidine rings is 1. The molecular formula is C17H20N2O4S. The van der Waals surface area contributed by atoms with E-state index in [2.05, 4.69) is 4.98 Å². The summed E-state index contributed by atoms with van der Waals surface area (Å²) in [5.74, 6) is -0.596. The molecule has 0 amide bonds. The molecule has 1 aromatic heterocycles. The van der Waals surface area contributed by atoms with E-state index in [1.165, 1.54) is 4.31 Å². The van der Waals surface area contributed by atoms with Crippen LogP contribution >= 0.6 is 0 Å². The summed E-state index contributed by atoms with van der Waals surface area (Å²) in [6, 6.07) is 8.94. The van der Waals surface area contributed by atoms with Crippen LogP contribution in [0, 0.1) is 0 Å². The molecule has 1 aromatic carbocycles. The standard InChI is InChI=1S/C17H20N2O4S/c20-24(21,15-6-1-4-14-5-2-9-18-16(14)15)19-10-7-17(8-11-19)22-12-3-13-23-17/h1-2,4-6,9H,3,7-8,10-13H2. The van der Waals surface area contributed by atoms with Gasteiger partial charge in [0.1, 0.15) is 4.90 Å². The summed E-state index contributed by atoms with van der Waals surface area (Å²) in [5.41, 5.74) is 0.519. The maximum atomic E-state index is 13.1. The molecule has 4 rings (SSSR count). The molecule has 7 heteroatoms. The molecule has 2 aromatic rings. The van der Waals surface area contributed by atoms with Crippen molar-refractivity contribution in [2.75, 3.05) is 26.3 Å². The number of fused-ring (bicyclic) bond motifs is 1. The summed E-state index contributed by atoms with van der Waals surface area (Å²) >= 11 is 0. The zero-order valence-electron chi connectivity index (χ0n) is 13.3. The van der Waals surface area contributed by atoms with Crippen LogP contribution in [0.3, 0.4) is 0 Å². The fourth-order valence-corrected chi connectivity index (χ4v) is 5.00. The first-order valence-corrected chi connectivity index (χ1v) is 9.67. The monoisotopic (exact) mass is 348 g/mol. The largest absolute Gasteiger partial charge is 0.350 e. The van der Waals surface area contributed by atoms with E-state index in [0.717, 1.165) is 11.8 Å². The maximum absolute atomic E-state index is 13.1. The zero-order chi connectivity index (χ0) is 16.6. The summed E-state index contributed by atoms with van der Waals surface area (Å²) in [6.45, 7) is 2.15. The molecule has 2 saturated heterocycles. The molecule has 6 nitrogen and oxygen atoms in total. The van der Waals surface area contributed by atoms with Gasteiger partial charge in [-0.15, -0.1) is 0 Å². The van der Waals surface area contributed by atoms with Crippen LogP contribution < -0.4 is 0 Å². The van der Waals surface area contributed by atoms with Gasteiger partial charge >= 0.3 is 0 Å². The van der Waals surface area contributed by atoms with Gasteiger partial charge in [-0.05, 0) is 18.6 Å². The lowest BCUT2D eigenvalue weighted by Crippen LogP contribution is -2.51. The predicted octanol–water partition coefficient (Wildman–Crippen LogP) is 2.15. The minimum absolute atomic E-state index is 0.266. The van der Waals surface area contributed by atoms with Crippen molar-refractivity contribution in [1.82, 2.24) is 9.29 Å². The summed E-state index contributed by atoms with van der Waals surface area (Å²) in [6.07, 6.45) is 3.64. The maximum Gasteiger partial charge on any atom is 0.245 e. The van der Waals surface area contributed by atoms with Gasteiger partial charge in [-0.2, -0.15) is 4.31 Å². The lowest BCUT2D eigenvalue weighted by atomic mass is 10.0. The molecule has 0 atom stereocenters. The van der Waals surface area contributed by atoms with Crippen LogP contribution in [-0.2, 0) is 19.5 Å². The molecule has 2 aliphatic heterocycles. The van der Waals surface area contributed by atoms with Crippen LogP contribution in [0.5, 0.6) is 0 Å². The lowest BCUT2D eigenvalue weighted by molar-refractivity contribution is -0.280. The Balaban J connectivity index is 1.61. The van der Waals surface area contributed by atoms with Gasteiger partial charge in [-0.3, -0.25) is 4.98 Å². The van der Waals surface area contributed by atoms with E-state index in [1.54, 1.807) is 24.4 Å². The molecule has 0 aliphatic carbocycles. The molecule has 0 bridgehead atoms. The van der Waals surface area contributed by atoms with Crippen molar-refractivity contribution in [1.29, 1.82) is 0 Å². The summed E-state index contributed by atoms with van der Waals surface area (Å²) in [4.78, 5) is 4.54. The molecule has 0 saturated carbocycles. The van der Waals surface area contributed by atoms with Gasteiger partial charge in [0, 0.05) is 37.5 Å². The average Bonchev–Trinajstić information content (AvgIpc) is 2.62. The van der Waals surface area contributed by atoms with E-state index >= 15 is 0 Å². The Morgan fingerprint density at radius 2 is 1.75 bits per heavy atom. The molecule has 2 fully saturated rings. The number of hydrogen-bond donors (Lipinski definition) is 0. The minimum atomic E-state index is -3.58. The van der Waals surface area contributed by atoms with E-state index in [9.17, 15) is 8.42 Å². The van der Waals surface area contributed by atoms with Gasteiger partial charge < -0.3 is 9.47 Å². The SMILES string of the molecule is O=S(=O)(c1cccc2cccnc12)N1CCC2(CC1)OCCCO2. The van der Waals surface area contributed by atoms with Crippen LogP contribution in [0.4, 0.5) is 0 Å². The molecule has 2 aliphatic rings. The Morgan fingerprint density at radius 1 is 1.04 bits per heavy atom. The second-order valence-corrected chi connectivity index (χ2v) is 8.10. The summed E-state index contributed by atoms with van der Waals surface area (Å²) in [5, 5.41) is 0.825. The van der Waals surface area contributed by atoms with Crippen LogP contribution in [0.15, 0.2) is 41.4 Å². The highest BCUT2D eigenvalue weighted by Gasteiger charge is 2.41. The molecule has 0 unspecified atom stereocenters. The fourth-order valence-electron chi connectivity index (χ4n) is 3.40. The smallest absolute Gasteiger partial charge is 0.245 e. The number of rotatable bonds is 2. The van der Waals surface area contributed by atoms with Gasteiger partial charge in [0.05, 0.1) is 18.7 Å². The predicted molar refractivity (Wildman–Crippen MR) is 89.0 cm³/mol.